The van der Waals surface area contributed by atoms with Crippen molar-refractivity contribution in [2.75, 3.05) is 19.8 Å². The summed E-state index contributed by atoms with van der Waals surface area (Å²) < 4.78 is 38.2. The van der Waals surface area contributed by atoms with E-state index in [0.29, 0.717) is 44.0 Å². The van der Waals surface area contributed by atoms with Gasteiger partial charge in [0.2, 0.25) is 15.9 Å². The molecule has 1 aliphatic heterocycles. The lowest BCUT2D eigenvalue weighted by Crippen LogP contribution is -2.41. The van der Waals surface area contributed by atoms with Gasteiger partial charge in [0.05, 0.1) is 4.90 Å². The van der Waals surface area contributed by atoms with E-state index in [1.54, 1.807) is 18.2 Å². The van der Waals surface area contributed by atoms with E-state index in [4.69, 9.17) is 9.47 Å². The van der Waals surface area contributed by atoms with Crippen LogP contribution in [0.3, 0.4) is 0 Å². The van der Waals surface area contributed by atoms with E-state index in [1.807, 2.05) is 0 Å². The van der Waals surface area contributed by atoms with Crippen molar-refractivity contribution >= 4 is 21.8 Å². The number of aromatic nitrogens is 1. The summed E-state index contributed by atoms with van der Waals surface area (Å²) in [6.07, 6.45) is 3.45. The number of unbranched alkanes of at least 4 members (excludes halogenated alkanes) is 2. The molecule has 1 aliphatic rings. The number of hydrogen-bond acceptors (Lipinski definition) is 7. The van der Waals surface area contributed by atoms with Crippen LogP contribution in [-0.2, 0) is 14.8 Å². The molecule has 0 spiro atoms. The van der Waals surface area contributed by atoms with Crippen molar-refractivity contribution < 1.29 is 27.5 Å². The van der Waals surface area contributed by atoms with Crippen molar-refractivity contribution in [3.63, 3.8) is 0 Å². The summed E-state index contributed by atoms with van der Waals surface area (Å²) in [4.78, 5) is 27.6. The Labute approximate surface area is 180 Å². The normalized spacial score (nSPS) is 12.8. The monoisotopic (exact) mass is 448 g/mol. The summed E-state index contributed by atoms with van der Waals surface area (Å²) in [5.74, 6) is 0.110. The molecule has 10 nitrogen and oxygen atoms in total. The number of nitrogens with zero attached hydrogens (tertiary/aromatic N) is 1. The predicted molar refractivity (Wildman–Crippen MR) is 111 cm³/mol. The first kappa shape index (κ1) is 22.5. The van der Waals surface area contributed by atoms with Crippen LogP contribution in [0.2, 0.25) is 0 Å². The Morgan fingerprint density at radius 1 is 0.968 bits per heavy atom. The maximum absolute atomic E-state index is 12.4. The number of amides is 2. The Kier molecular flexibility index (Phi) is 7.79. The minimum atomic E-state index is -3.66. The van der Waals surface area contributed by atoms with Gasteiger partial charge < -0.3 is 9.47 Å². The first-order valence-corrected chi connectivity index (χ1v) is 11.3. The van der Waals surface area contributed by atoms with E-state index >= 15 is 0 Å². The SMILES string of the molecule is O=C(CCCCCNS(=O)(=O)c1ccc2c(c1)OCCO2)NNC(=O)c1ccccn1. The topological polar surface area (TPSA) is 136 Å². The predicted octanol–water partition coefficient (Wildman–Crippen LogP) is 1.15. The van der Waals surface area contributed by atoms with E-state index in [2.05, 4.69) is 20.6 Å². The average molecular weight is 449 g/mol. The fourth-order valence-corrected chi connectivity index (χ4v) is 3.91. The summed E-state index contributed by atoms with van der Waals surface area (Å²) >= 11 is 0. The van der Waals surface area contributed by atoms with Crippen LogP contribution >= 0.6 is 0 Å². The van der Waals surface area contributed by atoms with Crippen molar-refractivity contribution in [2.24, 2.45) is 0 Å². The Morgan fingerprint density at radius 2 is 1.77 bits per heavy atom. The van der Waals surface area contributed by atoms with Gasteiger partial charge in [-0.15, -0.1) is 0 Å². The molecule has 1 aromatic carbocycles. The Morgan fingerprint density at radius 3 is 2.55 bits per heavy atom. The van der Waals surface area contributed by atoms with Crippen LogP contribution in [0.4, 0.5) is 0 Å². The van der Waals surface area contributed by atoms with Crippen molar-refractivity contribution in [2.45, 2.75) is 30.6 Å². The molecular weight excluding hydrogens is 424 g/mol. The van der Waals surface area contributed by atoms with Gasteiger partial charge in [0.25, 0.3) is 5.91 Å². The highest BCUT2D eigenvalue weighted by atomic mass is 32.2. The van der Waals surface area contributed by atoms with Crippen molar-refractivity contribution in [3.05, 3.63) is 48.3 Å². The van der Waals surface area contributed by atoms with E-state index in [0.717, 1.165) is 0 Å². The first-order valence-electron chi connectivity index (χ1n) is 9.85. The highest BCUT2D eigenvalue weighted by Crippen LogP contribution is 2.32. The number of nitrogens with one attached hydrogen (secondary N) is 3. The van der Waals surface area contributed by atoms with E-state index < -0.39 is 15.9 Å². The van der Waals surface area contributed by atoms with Crippen LogP contribution < -0.4 is 25.0 Å². The van der Waals surface area contributed by atoms with Gasteiger partial charge in [0, 0.05) is 25.2 Å². The Hall–Kier alpha value is -3.18. The lowest BCUT2D eigenvalue weighted by molar-refractivity contribution is -0.122. The number of hydrazine groups is 1. The average Bonchev–Trinajstić information content (AvgIpc) is 2.80. The molecular formula is C20H24N4O6S. The lowest BCUT2D eigenvalue weighted by Gasteiger charge is -2.18. The molecule has 11 heteroatoms. The molecule has 3 N–H and O–H groups in total. The molecule has 0 fully saturated rings. The van der Waals surface area contributed by atoms with Gasteiger partial charge >= 0.3 is 0 Å². The number of carbonyl (C=O) groups excluding carboxylic acids is 2. The van der Waals surface area contributed by atoms with Gasteiger partial charge in [0.1, 0.15) is 18.9 Å². The van der Waals surface area contributed by atoms with Gasteiger partial charge in [-0.1, -0.05) is 12.5 Å². The molecule has 0 aliphatic carbocycles. The summed E-state index contributed by atoms with van der Waals surface area (Å²) in [5, 5.41) is 0. The molecule has 2 amide bonds. The number of ether oxygens (including phenoxy) is 2. The third-order valence-electron chi connectivity index (χ3n) is 4.41. The minimum Gasteiger partial charge on any atom is -0.486 e. The van der Waals surface area contributed by atoms with Gasteiger partial charge in [-0.2, -0.15) is 0 Å². The van der Waals surface area contributed by atoms with E-state index in [9.17, 15) is 18.0 Å². The highest BCUT2D eigenvalue weighted by molar-refractivity contribution is 7.89. The maximum atomic E-state index is 12.4. The summed E-state index contributed by atoms with van der Waals surface area (Å²) in [5.41, 5.74) is 4.83. The van der Waals surface area contributed by atoms with Crippen molar-refractivity contribution in [3.8, 4) is 11.5 Å². The quantitative estimate of drug-likeness (QED) is 0.387. The van der Waals surface area contributed by atoms with Crippen molar-refractivity contribution in [1.29, 1.82) is 0 Å². The van der Waals surface area contributed by atoms with Gasteiger partial charge in [-0.3, -0.25) is 25.4 Å². The smallest absolute Gasteiger partial charge is 0.288 e. The van der Waals surface area contributed by atoms with Gasteiger partial charge in [-0.05, 0) is 37.1 Å². The zero-order valence-corrected chi connectivity index (χ0v) is 17.6. The van der Waals surface area contributed by atoms with Gasteiger partial charge in [0.15, 0.2) is 11.5 Å². The molecule has 0 atom stereocenters. The molecule has 0 bridgehead atoms. The molecule has 0 saturated carbocycles. The molecule has 166 valence electrons. The fraction of sp³-hybridized carbons (Fsp3) is 0.350. The highest BCUT2D eigenvalue weighted by Gasteiger charge is 2.19. The van der Waals surface area contributed by atoms with Gasteiger partial charge in [-0.25, -0.2) is 13.1 Å². The summed E-state index contributed by atoms with van der Waals surface area (Å²) in [6, 6.07) is 9.39. The number of sulfonamides is 1. The van der Waals surface area contributed by atoms with Crippen LogP contribution in [-0.4, -0.2) is 45.0 Å². The van der Waals surface area contributed by atoms with E-state index in [1.165, 1.54) is 24.4 Å². The molecule has 0 unspecified atom stereocenters. The molecule has 1 aromatic heterocycles. The number of benzene rings is 1. The lowest BCUT2D eigenvalue weighted by atomic mass is 10.2. The summed E-state index contributed by atoms with van der Waals surface area (Å²) in [6.45, 7) is 1.06. The minimum absolute atomic E-state index is 0.111. The number of carbonyl (C=O) groups is 2. The first-order chi connectivity index (χ1) is 15.0. The molecule has 3 rings (SSSR count). The number of fused-ring (bicyclic) bond motifs is 1. The zero-order valence-electron chi connectivity index (χ0n) is 16.8. The Balaban J connectivity index is 1.32. The second kappa shape index (κ2) is 10.7. The molecule has 2 heterocycles. The largest absolute Gasteiger partial charge is 0.486 e. The third-order valence-corrected chi connectivity index (χ3v) is 5.87. The third kappa shape index (κ3) is 6.66. The van der Waals surface area contributed by atoms with Crippen LogP contribution in [0, 0.1) is 0 Å². The van der Waals surface area contributed by atoms with Crippen molar-refractivity contribution in [1.82, 2.24) is 20.6 Å². The second-order valence-electron chi connectivity index (χ2n) is 6.73. The summed E-state index contributed by atoms with van der Waals surface area (Å²) in [7, 11) is -3.66. The number of pyridine rings is 1. The standard InChI is InChI=1S/C20H24N4O6S/c25-19(23-24-20(26)16-6-3-5-10-21-16)7-2-1-4-11-22-31(27,28)15-8-9-17-18(14-15)30-13-12-29-17/h3,5-6,8-10,14,22H,1-2,4,7,11-13H2,(H,23,25)(H,24,26). The Bertz CT molecular complexity index is 1010. The molecule has 31 heavy (non-hydrogen) atoms. The molecule has 0 radical (unpaired) electrons. The number of rotatable bonds is 9. The van der Waals surface area contributed by atoms with Crippen LogP contribution in [0.1, 0.15) is 36.2 Å². The van der Waals surface area contributed by atoms with E-state index in [-0.39, 0.29) is 29.5 Å². The molecule has 2 aromatic rings. The van der Waals surface area contributed by atoms with Crippen LogP contribution in [0.25, 0.3) is 0 Å². The molecule has 0 saturated heterocycles. The van der Waals surface area contributed by atoms with Crippen LogP contribution in [0.15, 0.2) is 47.5 Å². The van der Waals surface area contributed by atoms with Crippen LogP contribution in [0.5, 0.6) is 11.5 Å². The number of hydrogen-bond donors (Lipinski definition) is 3. The zero-order chi connectivity index (χ0) is 22.1. The second-order valence-corrected chi connectivity index (χ2v) is 8.50. The fourth-order valence-electron chi connectivity index (χ4n) is 2.82. The maximum Gasteiger partial charge on any atom is 0.288 e.